The van der Waals surface area contributed by atoms with Crippen molar-refractivity contribution in [2.75, 3.05) is 19.7 Å². The second-order valence-corrected chi connectivity index (χ2v) is 10.6. The first kappa shape index (κ1) is 27.2. The van der Waals surface area contributed by atoms with Gasteiger partial charge in [0.1, 0.15) is 35.3 Å². The lowest BCUT2D eigenvalue weighted by Gasteiger charge is -2.34. The second kappa shape index (κ2) is 10.3. The lowest BCUT2D eigenvalue weighted by molar-refractivity contribution is -0.384. The van der Waals surface area contributed by atoms with E-state index in [1.165, 1.54) is 0 Å². The normalized spacial score (nSPS) is 15.9. The van der Waals surface area contributed by atoms with E-state index in [4.69, 9.17) is 9.47 Å². The van der Waals surface area contributed by atoms with Gasteiger partial charge in [-0.3, -0.25) is 10.1 Å². The summed E-state index contributed by atoms with van der Waals surface area (Å²) in [7, 11) is 0. The maximum Gasteiger partial charge on any atom is 0.410 e. The largest absolute Gasteiger partial charge is 0.444 e. The van der Waals surface area contributed by atoms with Gasteiger partial charge in [0, 0.05) is 31.3 Å². The topological polar surface area (TPSA) is 117 Å². The molecule has 3 aromatic heterocycles. The van der Waals surface area contributed by atoms with E-state index in [1.54, 1.807) is 42.3 Å². The molecule has 1 fully saturated rings. The lowest BCUT2D eigenvalue weighted by atomic mass is 10.0. The highest BCUT2D eigenvalue weighted by Crippen LogP contribution is 2.33. The summed E-state index contributed by atoms with van der Waals surface area (Å²) in [5.41, 5.74) is 0.685. The van der Waals surface area contributed by atoms with Gasteiger partial charge in [0.15, 0.2) is 0 Å². The van der Waals surface area contributed by atoms with E-state index in [-0.39, 0.29) is 42.2 Å². The number of aryl methyl sites for hydroxylation is 1. The predicted molar refractivity (Wildman–Crippen MR) is 140 cm³/mol. The maximum atomic E-state index is 15.6. The van der Waals surface area contributed by atoms with Gasteiger partial charge >= 0.3 is 11.8 Å². The van der Waals surface area contributed by atoms with Crippen LogP contribution in [0, 0.1) is 28.7 Å². The summed E-state index contributed by atoms with van der Waals surface area (Å²) >= 11 is 0. The van der Waals surface area contributed by atoms with Gasteiger partial charge in [0.05, 0.1) is 46.8 Å². The lowest BCUT2D eigenvalue weighted by Crippen LogP contribution is -2.48. The molecule has 0 spiro atoms. The van der Waals surface area contributed by atoms with E-state index in [0.717, 1.165) is 34.8 Å². The van der Waals surface area contributed by atoms with Crippen molar-refractivity contribution < 1.29 is 28.0 Å². The number of halogens is 2. The minimum Gasteiger partial charge on any atom is -0.444 e. The molecule has 0 N–H and O–H groups in total. The summed E-state index contributed by atoms with van der Waals surface area (Å²) in [5.74, 6) is -1.82. The van der Waals surface area contributed by atoms with E-state index < -0.39 is 34.4 Å². The van der Waals surface area contributed by atoms with Gasteiger partial charge in [-0.15, -0.1) is 0 Å². The van der Waals surface area contributed by atoms with E-state index in [9.17, 15) is 14.9 Å². The van der Waals surface area contributed by atoms with Crippen molar-refractivity contribution in [3.05, 3.63) is 75.9 Å². The van der Waals surface area contributed by atoms with E-state index in [0.29, 0.717) is 17.9 Å². The molecule has 40 heavy (non-hydrogen) atoms. The molecule has 1 atom stereocenters. The van der Waals surface area contributed by atoms with Crippen molar-refractivity contribution in [1.29, 1.82) is 0 Å². The van der Waals surface area contributed by atoms with Crippen LogP contribution in [0.2, 0.25) is 0 Å². The molecule has 210 valence electrons. The fourth-order valence-corrected chi connectivity index (χ4v) is 4.61. The molecule has 5 rings (SSSR count). The Morgan fingerprint density at radius 2 is 1.98 bits per heavy atom. The Morgan fingerprint density at radius 3 is 2.62 bits per heavy atom. The van der Waals surface area contributed by atoms with Crippen molar-refractivity contribution in [1.82, 2.24) is 24.1 Å². The number of nitrogens with zero attached hydrogens (tertiary/aromatic N) is 6. The van der Waals surface area contributed by atoms with Gasteiger partial charge < -0.3 is 18.8 Å². The number of hydrogen-bond donors (Lipinski definition) is 0. The molecule has 1 saturated heterocycles. The summed E-state index contributed by atoms with van der Waals surface area (Å²) in [4.78, 5) is 29.2. The van der Waals surface area contributed by atoms with Crippen molar-refractivity contribution in [3.63, 3.8) is 0 Å². The van der Waals surface area contributed by atoms with Crippen LogP contribution in [0.15, 0.2) is 42.9 Å². The predicted octanol–water partition coefficient (Wildman–Crippen LogP) is 4.86. The summed E-state index contributed by atoms with van der Waals surface area (Å²) in [5, 5.41) is 14.8. The fourth-order valence-electron chi connectivity index (χ4n) is 4.61. The van der Waals surface area contributed by atoms with Crippen molar-refractivity contribution in [2.24, 2.45) is 0 Å². The van der Waals surface area contributed by atoms with Crippen LogP contribution in [0.25, 0.3) is 22.6 Å². The van der Waals surface area contributed by atoms with Crippen LogP contribution in [0.1, 0.15) is 32.0 Å². The summed E-state index contributed by atoms with van der Waals surface area (Å²) in [6, 6.07) is 5.76. The Bertz CT molecular complexity index is 1590. The molecule has 1 aliphatic rings. The average Bonchev–Trinajstić information content (AvgIpc) is 3.49. The number of aromatic nitrogens is 4. The molecular weight excluding hydrogens is 526 g/mol. The summed E-state index contributed by atoms with van der Waals surface area (Å²) in [6.07, 6.45) is 3.13. The first-order valence-electron chi connectivity index (χ1n) is 12.7. The van der Waals surface area contributed by atoms with Crippen molar-refractivity contribution in [3.8, 4) is 16.9 Å². The number of morpholine rings is 1. The van der Waals surface area contributed by atoms with Crippen LogP contribution in [0.3, 0.4) is 0 Å². The van der Waals surface area contributed by atoms with Crippen LogP contribution in [0.4, 0.5) is 19.3 Å². The zero-order valence-corrected chi connectivity index (χ0v) is 22.4. The van der Waals surface area contributed by atoms with Gasteiger partial charge in [0.25, 0.3) is 0 Å². The van der Waals surface area contributed by atoms with Crippen molar-refractivity contribution in [2.45, 2.75) is 45.8 Å². The Morgan fingerprint density at radius 1 is 1.25 bits per heavy atom. The van der Waals surface area contributed by atoms with Crippen LogP contribution in [-0.4, -0.2) is 66.5 Å². The smallest absolute Gasteiger partial charge is 0.410 e. The minimum absolute atomic E-state index is 0.0170. The van der Waals surface area contributed by atoms with Crippen LogP contribution < -0.4 is 0 Å². The molecule has 1 amide bonds. The molecule has 13 heteroatoms. The number of carbonyl (C=O) groups excluding carboxylic acids is 1. The number of nitro groups is 1. The number of rotatable bonds is 5. The van der Waals surface area contributed by atoms with Gasteiger partial charge in [-0.05, 0) is 45.4 Å². The number of imidazole rings is 1. The van der Waals surface area contributed by atoms with E-state index >= 15 is 8.78 Å². The molecular formula is C27H28F2N6O5. The fraction of sp³-hybridized carbons (Fsp3) is 0.370. The highest BCUT2D eigenvalue weighted by molar-refractivity contribution is 5.70. The minimum atomic E-state index is -0.908. The first-order chi connectivity index (χ1) is 18.9. The zero-order chi connectivity index (χ0) is 28.8. The van der Waals surface area contributed by atoms with Gasteiger partial charge in [0.2, 0.25) is 0 Å². The monoisotopic (exact) mass is 554 g/mol. The van der Waals surface area contributed by atoms with Crippen LogP contribution >= 0.6 is 0 Å². The molecule has 0 saturated carbocycles. The molecule has 4 heterocycles. The molecule has 1 aliphatic heterocycles. The third kappa shape index (κ3) is 5.50. The second-order valence-electron chi connectivity index (χ2n) is 10.6. The SMILES string of the molecule is Cc1ccn2c(C[C@H]3CN(C(=O)OC(C)(C)C)CCO3)c(-c3c(F)cc(-n4cc([N+](=O)[O-])cn4)cc3F)nc2c1. The zero-order valence-electron chi connectivity index (χ0n) is 22.4. The Kier molecular flexibility index (Phi) is 7.00. The Hall–Kier alpha value is -4.39. The van der Waals surface area contributed by atoms with Crippen LogP contribution in [-0.2, 0) is 15.9 Å². The third-order valence-electron chi connectivity index (χ3n) is 6.40. The van der Waals surface area contributed by atoms with Gasteiger partial charge in [-0.25, -0.2) is 23.2 Å². The number of ether oxygens (including phenoxy) is 2. The summed E-state index contributed by atoms with van der Waals surface area (Å²) < 4.78 is 45.4. The third-order valence-corrected chi connectivity index (χ3v) is 6.40. The average molecular weight is 555 g/mol. The van der Waals surface area contributed by atoms with Crippen LogP contribution in [0.5, 0.6) is 0 Å². The molecule has 1 aromatic carbocycles. The molecule has 0 unspecified atom stereocenters. The number of pyridine rings is 1. The van der Waals surface area contributed by atoms with Gasteiger partial charge in [-0.1, -0.05) is 0 Å². The molecule has 0 radical (unpaired) electrons. The number of hydrogen-bond acceptors (Lipinski definition) is 7. The van der Waals surface area contributed by atoms with Gasteiger partial charge in [-0.2, -0.15) is 5.10 Å². The first-order valence-corrected chi connectivity index (χ1v) is 12.7. The highest BCUT2D eigenvalue weighted by atomic mass is 19.1. The quantitative estimate of drug-likeness (QED) is 0.255. The molecule has 0 aliphatic carbocycles. The molecule has 11 nitrogen and oxygen atoms in total. The van der Waals surface area contributed by atoms with E-state index in [1.807, 2.05) is 13.0 Å². The number of carbonyl (C=O) groups is 1. The van der Waals surface area contributed by atoms with Crippen molar-refractivity contribution >= 4 is 17.4 Å². The number of fused-ring (bicyclic) bond motifs is 1. The highest BCUT2D eigenvalue weighted by Gasteiger charge is 2.31. The Labute approximate surface area is 228 Å². The standard InChI is InChI=1S/C27H28F2N6O5/c1-16-5-6-33-22(12-19-15-32(7-8-39-19)26(36)40-27(2,3)4)25(31-23(33)9-16)24-20(28)10-17(11-21(24)29)34-14-18(13-30-34)35(37)38/h5-6,9-11,13-14,19H,7-8,12,15H2,1-4H3/t19-/m0/s1. The molecule has 0 bridgehead atoms. The maximum absolute atomic E-state index is 15.6. The van der Waals surface area contributed by atoms with E-state index in [2.05, 4.69) is 10.1 Å². The molecule has 4 aromatic rings. The Balaban J connectivity index is 1.51. The number of amides is 1. The summed E-state index contributed by atoms with van der Waals surface area (Å²) in [6.45, 7) is 8.13. The number of benzene rings is 1.